The summed E-state index contributed by atoms with van der Waals surface area (Å²) < 4.78 is 27.7. The van der Waals surface area contributed by atoms with Crippen molar-refractivity contribution in [2.45, 2.75) is 13.0 Å². The molecule has 4 heterocycles. The molecule has 5 rings (SSSR count). The van der Waals surface area contributed by atoms with E-state index in [-0.39, 0.29) is 33.3 Å². The van der Waals surface area contributed by atoms with E-state index in [1.165, 1.54) is 16.7 Å². The number of pyridine rings is 2. The van der Waals surface area contributed by atoms with Gasteiger partial charge < -0.3 is 14.4 Å². The van der Waals surface area contributed by atoms with Crippen LogP contribution in [0.15, 0.2) is 47.4 Å². The maximum absolute atomic E-state index is 15.0. The van der Waals surface area contributed by atoms with Crippen molar-refractivity contribution in [3.05, 3.63) is 75.2 Å². The Morgan fingerprint density at radius 1 is 1.20 bits per heavy atom. The molecule has 1 aliphatic rings. The Hall–Kier alpha value is -3.56. The minimum atomic E-state index is -0.560. The Bertz CT molecular complexity index is 1490. The molecule has 0 spiro atoms. The quantitative estimate of drug-likeness (QED) is 0.422. The van der Waals surface area contributed by atoms with Crippen LogP contribution in [-0.4, -0.2) is 46.3 Å². The maximum atomic E-state index is 15.0. The van der Waals surface area contributed by atoms with Crippen molar-refractivity contribution in [2.24, 2.45) is 7.05 Å². The molecule has 1 aromatic carbocycles. The van der Waals surface area contributed by atoms with Gasteiger partial charge in [-0.05, 0) is 36.8 Å². The van der Waals surface area contributed by atoms with Gasteiger partial charge in [0.2, 0.25) is 5.88 Å². The third kappa shape index (κ3) is 4.33. The predicted octanol–water partition coefficient (Wildman–Crippen LogP) is 4.08. The van der Waals surface area contributed by atoms with E-state index in [2.05, 4.69) is 9.97 Å². The van der Waals surface area contributed by atoms with Crippen LogP contribution in [-0.2, 0) is 11.8 Å². The first-order valence-corrected chi connectivity index (χ1v) is 11.4. The fourth-order valence-corrected chi connectivity index (χ4v) is 4.37. The topological polar surface area (TPSA) is 82.4 Å². The number of halogens is 2. The van der Waals surface area contributed by atoms with Crippen molar-refractivity contribution >= 4 is 28.3 Å². The molecule has 10 heteroatoms. The average Bonchev–Trinajstić information content (AvgIpc) is 2.87. The molecular formula is C25H23ClFN5O3. The Labute approximate surface area is 205 Å². The fraction of sp³-hybridized carbons (Fsp3) is 0.280. The molecule has 3 aromatic heterocycles. The number of hydrogen-bond donors (Lipinski definition) is 0. The third-order valence-corrected chi connectivity index (χ3v) is 6.42. The van der Waals surface area contributed by atoms with E-state index in [1.54, 1.807) is 39.4 Å². The SMILES string of the molecule is COc1cc([C@@H]2CN(c3cc4nc(C)n(C)c(=O)c4c(-c4ccc(Cl)cc4F)n3)CCO2)ccn1. The van der Waals surface area contributed by atoms with Crippen molar-refractivity contribution in [3.8, 4) is 17.1 Å². The van der Waals surface area contributed by atoms with E-state index >= 15 is 0 Å². The summed E-state index contributed by atoms with van der Waals surface area (Å²) in [5.41, 5.74) is 1.50. The molecular weight excluding hydrogens is 473 g/mol. The number of ether oxygens (including phenoxy) is 2. The normalized spacial score (nSPS) is 16.0. The lowest BCUT2D eigenvalue weighted by Gasteiger charge is -2.34. The molecule has 1 saturated heterocycles. The van der Waals surface area contributed by atoms with Crippen LogP contribution in [0, 0.1) is 12.7 Å². The number of aryl methyl sites for hydroxylation is 1. The summed E-state index contributed by atoms with van der Waals surface area (Å²) in [6, 6.07) is 9.82. The van der Waals surface area contributed by atoms with Crippen LogP contribution < -0.4 is 15.2 Å². The van der Waals surface area contributed by atoms with Gasteiger partial charge in [-0.2, -0.15) is 0 Å². The highest BCUT2D eigenvalue weighted by atomic mass is 35.5. The molecule has 1 fully saturated rings. The Morgan fingerprint density at radius 2 is 2.03 bits per heavy atom. The summed E-state index contributed by atoms with van der Waals surface area (Å²) in [6.07, 6.45) is 1.43. The Kier molecular flexibility index (Phi) is 6.12. The van der Waals surface area contributed by atoms with E-state index in [4.69, 9.17) is 26.1 Å². The highest BCUT2D eigenvalue weighted by Crippen LogP contribution is 2.33. The summed E-state index contributed by atoms with van der Waals surface area (Å²) in [5, 5.41) is 0.518. The van der Waals surface area contributed by atoms with Crippen LogP contribution in [0.4, 0.5) is 10.2 Å². The van der Waals surface area contributed by atoms with E-state index in [9.17, 15) is 9.18 Å². The molecule has 180 valence electrons. The molecule has 0 unspecified atom stereocenters. The second kappa shape index (κ2) is 9.24. The molecule has 35 heavy (non-hydrogen) atoms. The first kappa shape index (κ1) is 23.2. The van der Waals surface area contributed by atoms with Crippen molar-refractivity contribution in [3.63, 3.8) is 0 Å². The van der Waals surface area contributed by atoms with Crippen LogP contribution in [0.5, 0.6) is 5.88 Å². The minimum Gasteiger partial charge on any atom is -0.481 e. The van der Waals surface area contributed by atoms with Crippen LogP contribution in [0.1, 0.15) is 17.5 Å². The maximum Gasteiger partial charge on any atom is 0.263 e. The summed E-state index contributed by atoms with van der Waals surface area (Å²) in [7, 11) is 3.20. The molecule has 0 bridgehead atoms. The minimum absolute atomic E-state index is 0.188. The van der Waals surface area contributed by atoms with Crippen molar-refractivity contribution < 1.29 is 13.9 Å². The summed E-state index contributed by atoms with van der Waals surface area (Å²) in [5.74, 6) is 1.07. The number of methoxy groups -OCH3 is 1. The molecule has 1 aliphatic heterocycles. The molecule has 4 aromatic rings. The molecule has 0 N–H and O–H groups in total. The zero-order chi connectivity index (χ0) is 24.7. The zero-order valence-electron chi connectivity index (χ0n) is 19.5. The molecule has 0 aliphatic carbocycles. The largest absolute Gasteiger partial charge is 0.481 e. The third-order valence-electron chi connectivity index (χ3n) is 6.19. The average molecular weight is 496 g/mol. The fourth-order valence-electron chi connectivity index (χ4n) is 4.22. The van der Waals surface area contributed by atoms with Crippen LogP contribution in [0.25, 0.3) is 22.2 Å². The second-order valence-corrected chi connectivity index (χ2v) is 8.74. The lowest BCUT2D eigenvalue weighted by Crippen LogP contribution is -2.39. The monoisotopic (exact) mass is 495 g/mol. The number of nitrogens with zero attached hydrogens (tertiary/aromatic N) is 5. The van der Waals surface area contributed by atoms with Crippen molar-refractivity contribution in [1.29, 1.82) is 0 Å². The molecule has 8 nitrogen and oxygen atoms in total. The number of fused-ring (bicyclic) bond motifs is 1. The van der Waals surface area contributed by atoms with Gasteiger partial charge in [-0.25, -0.2) is 19.3 Å². The second-order valence-electron chi connectivity index (χ2n) is 8.31. The number of benzene rings is 1. The highest BCUT2D eigenvalue weighted by molar-refractivity contribution is 6.30. The van der Waals surface area contributed by atoms with Gasteiger partial charge in [-0.15, -0.1) is 0 Å². The van der Waals surface area contributed by atoms with Gasteiger partial charge in [0.15, 0.2) is 0 Å². The van der Waals surface area contributed by atoms with Crippen LogP contribution in [0.3, 0.4) is 0 Å². The standard InChI is InChI=1S/C25H23ClFN5O3/c1-14-29-19-12-21(32-8-9-35-20(13-32)15-6-7-28-22(10-15)34-3)30-24(23(19)25(33)31(14)2)17-5-4-16(26)11-18(17)27/h4-7,10-12,20H,8-9,13H2,1-3H3/t20-/m0/s1. The smallest absolute Gasteiger partial charge is 0.263 e. The first-order valence-electron chi connectivity index (χ1n) is 11.1. The van der Waals surface area contributed by atoms with E-state index < -0.39 is 5.82 Å². The number of rotatable bonds is 4. The lowest BCUT2D eigenvalue weighted by atomic mass is 10.1. The summed E-state index contributed by atoms with van der Waals surface area (Å²) in [6.45, 7) is 3.29. The molecule has 0 amide bonds. The van der Waals surface area contributed by atoms with Crippen molar-refractivity contribution in [1.82, 2.24) is 19.5 Å². The molecule has 0 saturated carbocycles. The molecule has 1 atom stereocenters. The van der Waals surface area contributed by atoms with Crippen LogP contribution in [0.2, 0.25) is 5.02 Å². The van der Waals surface area contributed by atoms with Gasteiger partial charge >= 0.3 is 0 Å². The van der Waals surface area contributed by atoms with Crippen LogP contribution >= 0.6 is 11.6 Å². The number of anilines is 1. The van der Waals surface area contributed by atoms with E-state index in [1.807, 2.05) is 17.0 Å². The van der Waals surface area contributed by atoms with E-state index in [0.717, 1.165) is 5.56 Å². The number of aromatic nitrogens is 4. The zero-order valence-corrected chi connectivity index (χ0v) is 20.2. The highest BCUT2D eigenvalue weighted by Gasteiger charge is 2.26. The summed E-state index contributed by atoms with van der Waals surface area (Å²) >= 11 is 5.97. The Morgan fingerprint density at radius 3 is 2.80 bits per heavy atom. The lowest BCUT2D eigenvalue weighted by molar-refractivity contribution is 0.0393. The van der Waals surface area contributed by atoms with E-state index in [0.29, 0.717) is 42.7 Å². The molecule has 0 radical (unpaired) electrons. The van der Waals surface area contributed by atoms with Gasteiger partial charge in [0.05, 0.1) is 30.3 Å². The number of hydrogen-bond acceptors (Lipinski definition) is 7. The summed E-state index contributed by atoms with van der Waals surface area (Å²) in [4.78, 5) is 28.8. The van der Waals surface area contributed by atoms with Gasteiger partial charge in [0, 0.05) is 49.1 Å². The number of morpholine rings is 1. The predicted molar refractivity (Wildman–Crippen MR) is 132 cm³/mol. The van der Waals surface area contributed by atoms with Gasteiger partial charge in [-0.3, -0.25) is 9.36 Å². The Balaban J connectivity index is 1.64. The first-order chi connectivity index (χ1) is 16.9. The van der Waals surface area contributed by atoms with Gasteiger partial charge in [0.1, 0.15) is 23.6 Å². The van der Waals surface area contributed by atoms with Gasteiger partial charge in [0.25, 0.3) is 5.56 Å². The van der Waals surface area contributed by atoms with Gasteiger partial charge in [-0.1, -0.05) is 11.6 Å². The van der Waals surface area contributed by atoms with Crippen molar-refractivity contribution in [2.75, 3.05) is 31.7 Å².